The molecular formula is C29H26N4OS. The molecule has 5 nitrogen and oxygen atoms in total. The van der Waals surface area contributed by atoms with Gasteiger partial charge in [0.2, 0.25) is 0 Å². The van der Waals surface area contributed by atoms with Crippen LogP contribution in [0, 0.1) is 20.8 Å². The van der Waals surface area contributed by atoms with Gasteiger partial charge in [-0.2, -0.15) is 5.10 Å². The highest BCUT2D eigenvalue weighted by atomic mass is 32.2. The van der Waals surface area contributed by atoms with Crippen LogP contribution in [0.25, 0.3) is 27.8 Å². The number of hydrogen-bond donors (Lipinski definition) is 1. The van der Waals surface area contributed by atoms with Crippen molar-refractivity contribution in [3.05, 3.63) is 101 Å². The lowest BCUT2D eigenvalue weighted by molar-refractivity contribution is 0.102. The molecule has 6 heteroatoms. The molecular weight excluding hydrogens is 452 g/mol. The van der Waals surface area contributed by atoms with Crippen LogP contribution in [0.5, 0.6) is 0 Å². The van der Waals surface area contributed by atoms with E-state index in [0.717, 1.165) is 49.7 Å². The number of aromatic nitrogens is 3. The van der Waals surface area contributed by atoms with Gasteiger partial charge in [0.05, 0.1) is 34.4 Å². The first-order valence-electron chi connectivity index (χ1n) is 11.4. The van der Waals surface area contributed by atoms with Crippen molar-refractivity contribution in [1.29, 1.82) is 0 Å². The van der Waals surface area contributed by atoms with Crippen LogP contribution in [0.15, 0.2) is 83.9 Å². The van der Waals surface area contributed by atoms with Gasteiger partial charge < -0.3 is 5.32 Å². The minimum atomic E-state index is -0.161. The van der Waals surface area contributed by atoms with E-state index in [1.165, 1.54) is 5.56 Å². The molecule has 5 rings (SSSR count). The molecule has 0 aliphatic heterocycles. The highest BCUT2D eigenvalue weighted by Crippen LogP contribution is 2.29. The Kier molecular flexibility index (Phi) is 6.14. The van der Waals surface area contributed by atoms with Crippen molar-refractivity contribution in [1.82, 2.24) is 14.8 Å². The van der Waals surface area contributed by atoms with Crippen molar-refractivity contribution in [3.63, 3.8) is 0 Å². The third-order valence-electron chi connectivity index (χ3n) is 6.10. The van der Waals surface area contributed by atoms with Crippen LogP contribution in [0.1, 0.15) is 27.2 Å². The zero-order chi connectivity index (χ0) is 24.5. The molecule has 0 unspecified atom stereocenters. The topological polar surface area (TPSA) is 59.8 Å². The molecule has 5 aromatic rings. The average Bonchev–Trinajstić information content (AvgIpc) is 3.25. The Morgan fingerprint density at radius 1 is 0.914 bits per heavy atom. The third kappa shape index (κ3) is 4.57. The van der Waals surface area contributed by atoms with Gasteiger partial charge in [-0.05, 0) is 75.6 Å². The molecule has 0 radical (unpaired) electrons. The van der Waals surface area contributed by atoms with Crippen LogP contribution in [-0.2, 0) is 0 Å². The van der Waals surface area contributed by atoms with Gasteiger partial charge in [-0.1, -0.05) is 35.4 Å². The zero-order valence-corrected chi connectivity index (χ0v) is 21.0. The van der Waals surface area contributed by atoms with Gasteiger partial charge in [-0.3, -0.25) is 4.79 Å². The molecule has 35 heavy (non-hydrogen) atoms. The standard InChI is InChI=1S/C29H26N4OS/c1-18-8-11-22(12-9-18)33-20(3)26(17-30-33)28-16-25(24-14-19(2)10-13-27(24)32-28)29(34)31-21-6-5-7-23(15-21)35-4/h5-17H,1-4H3,(H,31,34). The number of pyridine rings is 1. The van der Waals surface area contributed by atoms with Crippen LogP contribution in [0.2, 0.25) is 0 Å². The van der Waals surface area contributed by atoms with E-state index in [0.29, 0.717) is 5.56 Å². The molecule has 2 aromatic heterocycles. The molecule has 0 spiro atoms. The summed E-state index contributed by atoms with van der Waals surface area (Å²) in [5, 5.41) is 8.52. The van der Waals surface area contributed by atoms with Crippen molar-refractivity contribution >= 4 is 34.3 Å². The fraction of sp³-hybridized carbons (Fsp3) is 0.138. The van der Waals surface area contributed by atoms with E-state index in [1.807, 2.05) is 79.5 Å². The maximum atomic E-state index is 13.5. The minimum Gasteiger partial charge on any atom is -0.322 e. The lowest BCUT2D eigenvalue weighted by atomic mass is 10.0. The summed E-state index contributed by atoms with van der Waals surface area (Å²) in [6, 6.07) is 24.0. The van der Waals surface area contributed by atoms with Crippen LogP contribution in [-0.4, -0.2) is 26.9 Å². The van der Waals surface area contributed by atoms with Crippen molar-refractivity contribution in [2.45, 2.75) is 25.7 Å². The summed E-state index contributed by atoms with van der Waals surface area (Å²) in [7, 11) is 0. The van der Waals surface area contributed by atoms with E-state index >= 15 is 0 Å². The first-order chi connectivity index (χ1) is 16.9. The fourth-order valence-corrected chi connectivity index (χ4v) is 4.63. The number of amides is 1. The van der Waals surface area contributed by atoms with Gasteiger partial charge in [0.1, 0.15) is 0 Å². The maximum Gasteiger partial charge on any atom is 0.256 e. The number of anilines is 1. The van der Waals surface area contributed by atoms with Gasteiger partial charge in [0.15, 0.2) is 0 Å². The Bertz CT molecular complexity index is 1550. The molecule has 0 fully saturated rings. The second-order valence-corrected chi connectivity index (χ2v) is 9.53. The predicted molar refractivity (Wildman–Crippen MR) is 145 cm³/mol. The molecule has 0 bridgehead atoms. The monoisotopic (exact) mass is 478 g/mol. The van der Waals surface area contributed by atoms with Crippen molar-refractivity contribution in [2.75, 3.05) is 11.6 Å². The van der Waals surface area contributed by atoms with Gasteiger partial charge in [-0.15, -0.1) is 11.8 Å². The summed E-state index contributed by atoms with van der Waals surface area (Å²) in [5.74, 6) is -0.161. The zero-order valence-electron chi connectivity index (χ0n) is 20.2. The number of aryl methyl sites for hydroxylation is 2. The summed E-state index contributed by atoms with van der Waals surface area (Å²) >= 11 is 1.64. The molecule has 174 valence electrons. The number of thioether (sulfide) groups is 1. The van der Waals surface area contributed by atoms with E-state index < -0.39 is 0 Å². The molecule has 1 amide bonds. The summed E-state index contributed by atoms with van der Waals surface area (Å²) < 4.78 is 1.91. The van der Waals surface area contributed by atoms with Crippen LogP contribution >= 0.6 is 11.8 Å². The largest absolute Gasteiger partial charge is 0.322 e. The number of nitrogens with one attached hydrogen (secondary N) is 1. The normalized spacial score (nSPS) is 11.1. The Hall–Kier alpha value is -3.90. The van der Waals surface area contributed by atoms with E-state index in [9.17, 15) is 4.79 Å². The quantitative estimate of drug-likeness (QED) is 0.277. The number of rotatable bonds is 5. The molecule has 2 heterocycles. The number of benzene rings is 3. The van der Waals surface area contributed by atoms with Crippen molar-refractivity contribution in [2.24, 2.45) is 0 Å². The van der Waals surface area contributed by atoms with Crippen LogP contribution < -0.4 is 5.32 Å². The smallest absolute Gasteiger partial charge is 0.256 e. The third-order valence-corrected chi connectivity index (χ3v) is 6.83. The van der Waals surface area contributed by atoms with Gasteiger partial charge >= 0.3 is 0 Å². The molecule has 0 saturated heterocycles. The molecule has 1 N–H and O–H groups in total. The summed E-state index contributed by atoms with van der Waals surface area (Å²) in [6.45, 7) is 6.11. The first-order valence-corrected chi connectivity index (χ1v) is 12.6. The minimum absolute atomic E-state index is 0.161. The Morgan fingerprint density at radius 2 is 1.69 bits per heavy atom. The number of hydrogen-bond acceptors (Lipinski definition) is 4. The average molecular weight is 479 g/mol. The van der Waals surface area contributed by atoms with Crippen molar-refractivity contribution in [3.8, 4) is 16.9 Å². The number of fused-ring (bicyclic) bond motifs is 1. The van der Waals surface area contributed by atoms with E-state index in [1.54, 1.807) is 11.8 Å². The summed E-state index contributed by atoms with van der Waals surface area (Å²) in [4.78, 5) is 19.5. The Labute approximate surface area is 209 Å². The van der Waals surface area contributed by atoms with E-state index in [-0.39, 0.29) is 5.91 Å². The number of carbonyl (C=O) groups excluding carboxylic acids is 1. The Morgan fingerprint density at radius 3 is 2.46 bits per heavy atom. The maximum absolute atomic E-state index is 13.5. The SMILES string of the molecule is CSc1cccc(NC(=O)c2cc(-c3cnn(-c4ccc(C)cc4)c3C)nc3ccc(C)cc23)c1. The fourth-order valence-electron chi connectivity index (χ4n) is 4.17. The lowest BCUT2D eigenvalue weighted by Gasteiger charge is -2.12. The van der Waals surface area contributed by atoms with E-state index in [4.69, 9.17) is 4.98 Å². The highest BCUT2D eigenvalue weighted by molar-refractivity contribution is 7.98. The van der Waals surface area contributed by atoms with Crippen LogP contribution in [0.4, 0.5) is 5.69 Å². The van der Waals surface area contributed by atoms with Gasteiger partial charge in [-0.25, -0.2) is 9.67 Å². The molecule has 0 aliphatic carbocycles. The Balaban J connectivity index is 1.60. The second kappa shape index (κ2) is 9.39. The molecule has 0 atom stereocenters. The highest BCUT2D eigenvalue weighted by Gasteiger charge is 2.18. The van der Waals surface area contributed by atoms with Crippen molar-refractivity contribution < 1.29 is 4.79 Å². The van der Waals surface area contributed by atoms with Gasteiger partial charge in [0.25, 0.3) is 5.91 Å². The molecule has 0 saturated carbocycles. The molecule has 3 aromatic carbocycles. The van der Waals surface area contributed by atoms with Gasteiger partial charge in [0, 0.05) is 21.5 Å². The van der Waals surface area contributed by atoms with E-state index in [2.05, 4.69) is 41.6 Å². The summed E-state index contributed by atoms with van der Waals surface area (Å²) in [5.41, 5.74) is 7.98. The van der Waals surface area contributed by atoms with Crippen LogP contribution in [0.3, 0.4) is 0 Å². The second-order valence-electron chi connectivity index (χ2n) is 8.65. The number of nitrogens with zero attached hydrogens (tertiary/aromatic N) is 3. The first kappa shape index (κ1) is 22.9. The summed E-state index contributed by atoms with van der Waals surface area (Å²) in [6.07, 6.45) is 3.84. The number of carbonyl (C=O) groups is 1. The lowest BCUT2D eigenvalue weighted by Crippen LogP contribution is -2.13. The molecule has 0 aliphatic rings. The predicted octanol–water partition coefficient (Wildman–Crippen LogP) is 6.99.